The van der Waals surface area contributed by atoms with Gasteiger partial charge in [0.1, 0.15) is 5.75 Å². The summed E-state index contributed by atoms with van der Waals surface area (Å²) in [6.07, 6.45) is 2.15. The van der Waals surface area contributed by atoms with Gasteiger partial charge in [-0.2, -0.15) is 0 Å². The summed E-state index contributed by atoms with van der Waals surface area (Å²) in [5.74, 6) is 0.670. The standard InChI is InChI=1S/C13H18Cl2O/c1-13(2,3)7-4-8-16-12-9-10(14)5-6-11(12)15/h5-6,9H,4,7-8H2,1-3H3. The maximum Gasteiger partial charge on any atom is 0.139 e. The van der Waals surface area contributed by atoms with Gasteiger partial charge in [0.05, 0.1) is 11.6 Å². The first kappa shape index (κ1) is 13.7. The molecule has 16 heavy (non-hydrogen) atoms. The molecule has 0 aromatic heterocycles. The lowest BCUT2D eigenvalue weighted by molar-refractivity contribution is 0.269. The van der Waals surface area contributed by atoms with E-state index in [0.29, 0.717) is 27.8 Å². The second-order valence-corrected chi connectivity index (χ2v) is 5.93. The minimum atomic E-state index is 0.349. The van der Waals surface area contributed by atoms with E-state index in [1.54, 1.807) is 18.2 Å². The zero-order valence-corrected chi connectivity index (χ0v) is 11.5. The van der Waals surface area contributed by atoms with E-state index >= 15 is 0 Å². The summed E-state index contributed by atoms with van der Waals surface area (Å²) < 4.78 is 5.60. The molecule has 0 aliphatic heterocycles. The third-order valence-corrected chi connectivity index (χ3v) is 2.77. The van der Waals surface area contributed by atoms with Crippen molar-refractivity contribution >= 4 is 23.2 Å². The lowest BCUT2D eigenvalue weighted by Crippen LogP contribution is -2.08. The highest BCUT2D eigenvalue weighted by Crippen LogP contribution is 2.28. The SMILES string of the molecule is CC(C)(C)CCCOc1cc(Cl)ccc1Cl. The van der Waals surface area contributed by atoms with Crippen LogP contribution in [0, 0.1) is 5.41 Å². The van der Waals surface area contributed by atoms with Crippen molar-refractivity contribution in [1.82, 2.24) is 0 Å². The van der Waals surface area contributed by atoms with Crippen LogP contribution in [0.15, 0.2) is 18.2 Å². The van der Waals surface area contributed by atoms with Crippen molar-refractivity contribution in [1.29, 1.82) is 0 Å². The Morgan fingerprint density at radius 1 is 1.19 bits per heavy atom. The summed E-state index contributed by atoms with van der Waals surface area (Å²) in [5.41, 5.74) is 0.349. The quantitative estimate of drug-likeness (QED) is 0.677. The molecule has 1 nitrogen and oxygen atoms in total. The Morgan fingerprint density at radius 2 is 1.88 bits per heavy atom. The number of hydrogen-bond donors (Lipinski definition) is 0. The van der Waals surface area contributed by atoms with Gasteiger partial charge in [0.2, 0.25) is 0 Å². The van der Waals surface area contributed by atoms with Crippen molar-refractivity contribution < 1.29 is 4.74 Å². The second-order valence-electron chi connectivity index (χ2n) is 5.09. The van der Waals surface area contributed by atoms with Crippen LogP contribution in [-0.2, 0) is 0 Å². The molecule has 0 heterocycles. The van der Waals surface area contributed by atoms with Crippen LogP contribution in [0.5, 0.6) is 5.75 Å². The van der Waals surface area contributed by atoms with Crippen LogP contribution in [0.2, 0.25) is 10.0 Å². The first-order chi connectivity index (χ1) is 7.38. The first-order valence-electron chi connectivity index (χ1n) is 5.46. The van der Waals surface area contributed by atoms with Crippen molar-refractivity contribution in [3.8, 4) is 5.75 Å². The van der Waals surface area contributed by atoms with Gasteiger partial charge in [-0.05, 0) is 30.4 Å². The molecule has 0 aliphatic carbocycles. The van der Waals surface area contributed by atoms with E-state index in [9.17, 15) is 0 Å². The van der Waals surface area contributed by atoms with Gasteiger partial charge in [-0.25, -0.2) is 0 Å². The van der Waals surface area contributed by atoms with Gasteiger partial charge in [0.25, 0.3) is 0 Å². The van der Waals surface area contributed by atoms with E-state index in [2.05, 4.69) is 20.8 Å². The fraction of sp³-hybridized carbons (Fsp3) is 0.538. The highest BCUT2D eigenvalue weighted by molar-refractivity contribution is 6.34. The second kappa shape index (κ2) is 5.79. The lowest BCUT2D eigenvalue weighted by Gasteiger charge is -2.17. The van der Waals surface area contributed by atoms with Gasteiger partial charge >= 0.3 is 0 Å². The number of ether oxygens (including phenoxy) is 1. The molecule has 1 rings (SSSR count). The largest absolute Gasteiger partial charge is 0.492 e. The monoisotopic (exact) mass is 260 g/mol. The molecule has 0 radical (unpaired) electrons. The molecule has 0 unspecified atom stereocenters. The van der Waals surface area contributed by atoms with Crippen molar-refractivity contribution in [2.24, 2.45) is 5.41 Å². The summed E-state index contributed by atoms with van der Waals surface area (Å²) in [6, 6.07) is 5.26. The number of rotatable bonds is 4. The van der Waals surface area contributed by atoms with Gasteiger partial charge in [-0.15, -0.1) is 0 Å². The molecule has 1 aromatic rings. The minimum Gasteiger partial charge on any atom is -0.492 e. The van der Waals surface area contributed by atoms with Crippen molar-refractivity contribution in [3.63, 3.8) is 0 Å². The van der Waals surface area contributed by atoms with Gasteiger partial charge in [-0.3, -0.25) is 0 Å². The molecule has 0 saturated heterocycles. The molecule has 90 valence electrons. The molecule has 0 amide bonds. The molecule has 0 bridgehead atoms. The molecule has 0 spiro atoms. The number of hydrogen-bond acceptors (Lipinski definition) is 1. The van der Waals surface area contributed by atoms with Crippen LogP contribution in [-0.4, -0.2) is 6.61 Å². The molecule has 0 aliphatic rings. The minimum absolute atomic E-state index is 0.349. The van der Waals surface area contributed by atoms with Crippen molar-refractivity contribution in [3.05, 3.63) is 28.2 Å². The fourth-order valence-corrected chi connectivity index (χ4v) is 1.71. The van der Waals surface area contributed by atoms with E-state index in [4.69, 9.17) is 27.9 Å². The molecule has 3 heteroatoms. The Balaban J connectivity index is 2.40. The Bertz CT molecular complexity index is 342. The van der Waals surface area contributed by atoms with Crippen LogP contribution in [0.25, 0.3) is 0 Å². The predicted molar refractivity (Wildman–Crippen MR) is 70.6 cm³/mol. The third-order valence-electron chi connectivity index (χ3n) is 2.22. The van der Waals surface area contributed by atoms with Crippen LogP contribution in [0.3, 0.4) is 0 Å². The molecule has 0 N–H and O–H groups in total. The van der Waals surface area contributed by atoms with E-state index < -0.39 is 0 Å². The van der Waals surface area contributed by atoms with Gasteiger partial charge in [0.15, 0.2) is 0 Å². The summed E-state index contributed by atoms with van der Waals surface area (Å²) in [4.78, 5) is 0. The topological polar surface area (TPSA) is 9.23 Å². The molecule has 1 aromatic carbocycles. The smallest absolute Gasteiger partial charge is 0.139 e. The van der Waals surface area contributed by atoms with Gasteiger partial charge in [0, 0.05) is 11.1 Å². The van der Waals surface area contributed by atoms with Crippen LogP contribution >= 0.6 is 23.2 Å². The Labute approximate surface area is 108 Å². The van der Waals surface area contributed by atoms with E-state index in [1.165, 1.54) is 0 Å². The molecular weight excluding hydrogens is 243 g/mol. The van der Waals surface area contributed by atoms with E-state index in [0.717, 1.165) is 12.8 Å². The number of halogens is 2. The van der Waals surface area contributed by atoms with Crippen molar-refractivity contribution in [2.45, 2.75) is 33.6 Å². The Hall–Kier alpha value is -0.400. The highest BCUT2D eigenvalue weighted by atomic mass is 35.5. The number of benzene rings is 1. The Kier molecular flexibility index (Phi) is 4.94. The normalized spacial score (nSPS) is 11.6. The lowest BCUT2D eigenvalue weighted by atomic mass is 9.91. The van der Waals surface area contributed by atoms with Crippen LogP contribution in [0.1, 0.15) is 33.6 Å². The fourth-order valence-electron chi connectivity index (χ4n) is 1.37. The van der Waals surface area contributed by atoms with Gasteiger partial charge in [-0.1, -0.05) is 44.0 Å². The van der Waals surface area contributed by atoms with E-state index in [1.807, 2.05) is 0 Å². The molecular formula is C13H18Cl2O. The summed E-state index contributed by atoms with van der Waals surface area (Å²) >= 11 is 11.8. The van der Waals surface area contributed by atoms with Crippen LogP contribution < -0.4 is 4.74 Å². The average Bonchev–Trinajstić information content (AvgIpc) is 2.16. The molecule has 0 saturated carbocycles. The molecule has 0 fully saturated rings. The Morgan fingerprint density at radius 3 is 2.50 bits per heavy atom. The van der Waals surface area contributed by atoms with Crippen molar-refractivity contribution in [2.75, 3.05) is 6.61 Å². The maximum atomic E-state index is 5.98. The summed E-state index contributed by atoms with van der Waals surface area (Å²) in [5, 5.41) is 1.26. The predicted octanol–water partition coefficient (Wildman–Crippen LogP) is 5.20. The zero-order valence-electron chi connectivity index (χ0n) is 10.0. The summed E-state index contributed by atoms with van der Waals surface area (Å²) in [6.45, 7) is 7.34. The molecule has 0 atom stereocenters. The zero-order chi connectivity index (χ0) is 12.2. The summed E-state index contributed by atoms with van der Waals surface area (Å²) in [7, 11) is 0. The van der Waals surface area contributed by atoms with Gasteiger partial charge < -0.3 is 4.74 Å². The van der Waals surface area contributed by atoms with E-state index in [-0.39, 0.29) is 0 Å². The average molecular weight is 261 g/mol. The highest BCUT2D eigenvalue weighted by Gasteiger charge is 2.09. The van der Waals surface area contributed by atoms with Crippen LogP contribution in [0.4, 0.5) is 0 Å². The first-order valence-corrected chi connectivity index (χ1v) is 6.22. The maximum absolute atomic E-state index is 5.98. The third kappa shape index (κ3) is 5.09.